The van der Waals surface area contributed by atoms with Gasteiger partial charge in [0.05, 0.1) is 0 Å². The van der Waals surface area contributed by atoms with Gasteiger partial charge in [-0.05, 0) is 40.6 Å². The number of aliphatic carboxylic acids is 1. The van der Waals surface area contributed by atoms with Crippen LogP contribution in [0, 0.1) is 11.8 Å². The number of carboxylic acids is 1. The van der Waals surface area contributed by atoms with Crippen molar-refractivity contribution >= 4 is 29.3 Å². The molecule has 0 bridgehead atoms. The summed E-state index contributed by atoms with van der Waals surface area (Å²) in [5, 5.41) is 16.3. The zero-order valence-electron chi connectivity index (χ0n) is 19.0. The van der Waals surface area contributed by atoms with E-state index in [4.69, 9.17) is 4.74 Å². The van der Waals surface area contributed by atoms with E-state index >= 15 is 0 Å². The van der Waals surface area contributed by atoms with Crippen LogP contribution in [0.3, 0.4) is 0 Å². The molecule has 0 saturated carbocycles. The molecule has 2 amide bonds. The van der Waals surface area contributed by atoms with Crippen LogP contribution in [0.15, 0.2) is 66.0 Å². The van der Waals surface area contributed by atoms with Crippen molar-refractivity contribution in [1.82, 2.24) is 10.6 Å². The second-order valence-corrected chi connectivity index (χ2v) is 8.93. The smallest absolute Gasteiger partial charge is 0.407 e. The predicted octanol–water partition coefficient (Wildman–Crippen LogP) is 4.31. The lowest BCUT2D eigenvalue weighted by Crippen LogP contribution is -2.48. The Labute approximate surface area is 207 Å². The number of carbonyl (C=O) groups excluding carboxylic acids is 2. The van der Waals surface area contributed by atoms with Crippen LogP contribution in [-0.2, 0) is 14.3 Å². The van der Waals surface area contributed by atoms with Crippen molar-refractivity contribution in [1.29, 1.82) is 0 Å². The van der Waals surface area contributed by atoms with Crippen molar-refractivity contribution in [3.63, 3.8) is 0 Å². The molecule has 178 valence electrons. The fourth-order valence-corrected chi connectivity index (χ4v) is 4.92. The van der Waals surface area contributed by atoms with Crippen molar-refractivity contribution in [2.75, 3.05) is 6.61 Å². The largest absolute Gasteiger partial charge is 0.479 e. The van der Waals surface area contributed by atoms with Crippen LogP contribution in [0.2, 0.25) is 0 Å². The second-order valence-electron chi connectivity index (χ2n) is 7.95. The predicted molar refractivity (Wildman–Crippen MR) is 133 cm³/mol. The van der Waals surface area contributed by atoms with Crippen molar-refractivity contribution in [2.45, 2.75) is 31.3 Å². The maximum absolute atomic E-state index is 12.9. The van der Waals surface area contributed by atoms with Gasteiger partial charge in [-0.2, -0.15) is 0 Å². The first-order valence-electron chi connectivity index (χ1n) is 11.1. The number of amides is 2. The third-order valence-corrected chi connectivity index (χ3v) is 6.73. The molecule has 0 radical (unpaired) electrons. The number of thiophene rings is 1. The number of benzene rings is 2. The molecule has 8 heteroatoms. The first kappa shape index (κ1) is 24.0. The van der Waals surface area contributed by atoms with Gasteiger partial charge in [0.2, 0.25) is 5.91 Å². The Hall–Kier alpha value is -4.09. The summed E-state index contributed by atoms with van der Waals surface area (Å²) >= 11 is 1.22. The highest BCUT2D eigenvalue weighted by Crippen LogP contribution is 2.44. The van der Waals surface area contributed by atoms with E-state index in [1.54, 1.807) is 24.4 Å². The van der Waals surface area contributed by atoms with Gasteiger partial charge in [-0.3, -0.25) is 4.79 Å². The molecule has 4 rings (SSSR count). The van der Waals surface area contributed by atoms with E-state index in [9.17, 15) is 19.5 Å². The monoisotopic (exact) mass is 488 g/mol. The molecule has 0 spiro atoms. The number of hydrogen-bond acceptors (Lipinski definition) is 5. The molecule has 0 fully saturated rings. The molecular weight excluding hydrogens is 464 g/mol. The van der Waals surface area contributed by atoms with E-state index in [2.05, 4.69) is 22.5 Å². The number of nitrogens with one attached hydrogen (secondary N) is 2. The number of ether oxygens (including phenoxy) is 1. The fraction of sp³-hybridized carbons (Fsp3) is 0.222. The Morgan fingerprint density at radius 3 is 2.23 bits per heavy atom. The number of fused-ring (bicyclic) bond motifs is 3. The van der Waals surface area contributed by atoms with E-state index in [1.807, 2.05) is 48.5 Å². The highest BCUT2D eigenvalue weighted by molar-refractivity contribution is 7.10. The summed E-state index contributed by atoms with van der Waals surface area (Å²) in [5.74, 6) is 3.50. The maximum atomic E-state index is 12.9. The molecule has 2 atom stereocenters. The molecule has 2 aromatic carbocycles. The van der Waals surface area contributed by atoms with Crippen molar-refractivity contribution in [3.05, 3.63) is 82.0 Å². The van der Waals surface area contributed by atoms with Crippen molar-refractivity contribution in [2.24, 2.45) is 0 Å². The zero-order chi connectivity index (χ0) is 24.8. The Morgan fingerprint density at radius 1 is 1.00 bits per heavy atom. The molecule has 3 aromatic rings. The summed E-state index contributed by atoms with van der Waals surface area (Å²) in [6.07, 6.45) is -0.753. The fourth-order valence-electron chi connectivity index (χ4n) is 4.15. The van der Waals surface area contributed by atoms with Crippen molar-refractivity contribution < 1.29 is 24.2 Å². The van der Waals surface area contributed by atoms with Gasteiger partial charge in [-0.15, -0.1) is 23.2 Å². The zero-order valence-corrected chi connectivity index (χ0v) is 19.8. The lowest BCUT2D eigenvalue weighted by Gasteiger charge is -2.20. The third-order valence-electron chi connectivity index (χ3n) is 5.80. The Balaban J connectivity index is 1.43. The van der Waals surface area contributed by atoms with Crippen LogP contribution in [-0.4, -0.2) is 35.7 Å². The minimum absolute atomic E-state index is 0.0172. The Bertz CT molecular complexity index is 1250. The Morgan fingerprint density at radius 2 is 1.66 bits per heavy atom. The standard InChI is InChI=1S/C27H24N2O5S/c1-2-3-13-22(25(30)29-24(26(31)32)23-14-8-15-35-23)28-27(33)34-16-21-19-11-6-4-9-17(19)18-10-5-7-12-20(18)21/h4-12,14-15,21-22,24H,13,16H2,1H3,(H,28,33)(H,29,30)(H,31,32). The number of hydrogen-bond donors (Lipinski definition) is 3. The van der Waals surface area contributed by atoms with Gasteiger partial charge in [-0.1, -0.05) is 54.6 Å². The molecular formula is C27H24N2O5S. The highest BCUT2D eigenvalue weighted by Gasteiger charge is 2.31. The third kappa shape index (κ3) is 5.36. The van der Waals surface area contributed by atoms with Crippen LogP contribution in [0.4, 0.5) is 4.79 Å². The van der Waals surface area contributed by atoms with Gasteiger partial charge in [-0.25, -0.2) is 9.59 Å². The summed E-state index contributed by atoms with van der Waals surface area (Å²) in [5.41, 5.74) is 4.38. The van der Waals surface area contributed by atoms with Gasteiger partial charge in [0.25, 0.3) is 0 Å². The minimum atomic E-state index is -1.22. The lowest BCUT2D eigenvalue weighted by molar-refractivity contribution is -0.142. The molecule has 1 aliphatic rings. The summed E-state index contributed by atoms with van der Waals surface area (Å²) in [6.45, 7) is 1.72. The summed E-state index contributed by atoms with van der Waals surface area (Å²) in [4.78, 5) is 37.7. The molecule has 1 aliphatic carbocycles. The Kier molecular flexibility index (Phi) is 7.48. The summed E-state index contributed by atoms with van der Waals surface area (Å²) in [7, 11) is 0. The number of carboxylic acid groups (broad SMARTS) is 1. The van der Waals surface area contributed by atoms with Gasteiger partial charge in [0, 0.05) is 17.2 Å². The second kappa shape index (κ2) is 10.9. The number of rotatable bonds is 8. The van der Waals surface area contributed by atoms with E-state index < -0.39 is 30.1 Å². The van der Waals surface area contributed by atoms with Crippen LogP contribution >= 0.6 is 11.3 Å². The van der Waals surface area contributed by atoms with Gasteiger partial charge >= 0.3 is 12.1 Å². The van der Waals surface area contributed by atoms with E-state index in [-0.39, 0.29) is 18.9 Å². The van der Waals surface area contributed by atoms with Gasteiger partial charge < -0.3 is 20.5 Å². The normalized spacial score (nSPS) is 13.4. The molecule has 35 heavy (non-hydrogen) atoms. The quantitative estimate of drug-likeness (QED) is 0.410. The SMILES string of the molecule is CC#CCC(NC(=O)OCC1c2ccccc2-c2ccccc21)C(=O)NC(C(=O)O)c1cccs1. The summed E-state index contributed by atoms with van der Waals surface area (Å²) in [6, 6.07) is 17.0. The lowest BCUT2D eigenvalue weighted by atomic mass is 9.98. The van der Waals surface area contributed by atoms with Gasteiger partial charge in [0.15, 0.2) is 6.04 Å². The van der Waals surface area contributed by atoms with Crippen molar-refractivity contribution in [3.8, 4) is 23.0 Å². The van der Waals surface area contributed by atoms with E-state index in [0.29, 0.717) is 4.88 Å². The minimum Gasteiger partial charge on any atom is -0.479 e. The maximum Gasteiger partial charge on any atom is 0.407 e. The average molecular weight is 489 g/mol. The topological polar surface area (TPSA) is 105 Å². The van der Waals surface area contributed by atoms with Crippen LogP contribution in [0.25, 0.3) is 11.1 Å². The molecule has 0 aliphatic heterocycles. The average Bonchev–Trinajstić information content (AvgIpc) is 3.50. The number of carbonyl (C=O) groups is 3. The molecule has 3 N–H and O–H groups in total. The molecule has 2 unspecified atom stereocenters. The first-order valence-corrected chi connectivity index (χ1v) is 11.9. The number of alkyl carbamates (subject to hydrolysis) is 1. The van der Waals surface area contributed by atoms with Crippen LogP contribution < -0.4 is 10.6 Å². The summed E-state index contributed by atoms with van der Waals surface area (Å²) < 4.78 is 5.53. The van der Waals surface area contributed by atoms with Gasteiger partial charge in [0.1, 0.15) is 12.6 Å². The molecule has 0 saturated heterocycles. The molecule has 1 heterocycles. The van der Waals surface area contributed by atoms with Crippen LogP contribution in [0.1, 0.15) is 41.3 Å². The molecule has 7 nitrogen and oxygen atoms in total. The highest BCUT2D eigenvalue weighted by atomic mass is 32.1. The van der Waals surface area contributed by atoms with E-state index in [1.165, 1.54) is 11.3 Å². The van der Waals surface area contributed by atoms with Crippen LogP contribution in [0.5, 0.6) is 0 Å². The first-order chi connectivity index (χ1) is 17.0. The van der Waals surface area contributed by atoms with E-state index in [0.717, 1.165) is 22.3 Å². The molecule has 1 aromatic heterocycles.